The standard InChI is InChI=1S/C26H30FN5O3S/c1-31-11-13-32(14-12-31)10-9-28-25(33)23-15-17-3-2-4-22(24(17)36-23)35-21-8-7-19(16-20(21)27)30-26(34)29-18-5-6-18/h2-4,7-8,15-16,18H,5-6,9-14H2,1H3,(H,28,33)(H2,29,30,34). The number of thiophene rings is 1. The quantitative estimate of drug-likeness (QED) is 0.424. The van der Waals surface area contributed by atoms with E-state index in [9.17, 15) is 14.0 Å². The molecule has 2 aromatic carbocycles. The zero-order valence-corrected chi connectivity index (χ0v) is 21.0. The molecular formula is C26H30FN5O3S. The first-order valence-electron chi connectivity index (χ1n) is 12.2. The molecule has 0 unspecified atom stereocenters. The molecule has 1 aromatic heterocycles. The van der Waals surface area contributed by atoms with E-state index in [0.29, 0.717) is 22.9 Å². The van der Waals surface area contributed by atoms with Gasteiger partial charge in [0.2, 0.25) is 0 Å². The Labute approximate surface area is 213 Å². The fourth-order valence-corrected chi connectivity index (χ4v) is 5.10. The number of urea groups is 1. The van der Waals surface area contributed by atoms with Crippen LogP contribution in [-0.2, 0) is 0 Å². The molecule has 1 saturated heterocycles. The summed E-state index contributed by atoms with van der Waals surface area (Å²) in [6.07, 6.45) is 1.95. The molecule has 190 valence electrons. The topological polar surface area (TPSA) is 85.9 Å². The number of nitrogens with zero attached hydrogens (tertiary/aromatic N) is 2. The first-order chi connectivity index (χ1) is 17.4. The van der Waals surface area contributed by atoms with Crippen LogP contribution in [0.25, 0.3) is 10.1 Å². The molecule has 1 aliphatic heterocycles. The number of likely N-dealkylation sites (N-methyl/N-ethyl adjacent to an activating group) is 1. The first-order valence-corrected chi connectivity index (χ1v) is 13.0. The lowest BCUT2D eigenvalue weighted by molar-refractivity contribution is 0.0945. The highest BCUT2D eigenvalue weighted by Crippen LogP contribution is 2.37. The third-order valence-electron chi connectivity index (χ3n) is 6.36. The number of anilines is 1. The lowest BCUT2D eigenvalue weighted by Crippen LogP contribution is -2.46. The third-order valence-corrected chi connectivity index (χ3v) is 7.53. The van der Waals surface area contributed by atoms with Crippen LogP contribution in [0.4, 0.5) is 14.9 Å². The maximum absolute atomic E-state index is 14.7. The second-order valence-corrected chi connectivity index (χ2v) is 10.4. The van der Waals surface area contributed by atoms with E-state index in [2.05, 4.69) is 32.8 Å². The van der Waals surface area contributed by atoms with E-state index < -0.39 is 5.82 Å². The summed E-state index contributed by atoms with van der Waals surface area (Å²) >= 11 is 1.32. The third kappa shape index (κ3) is 6.13. The molecule has 0 spiro atoms. The summed E-state index contributed by atoms with van der Waals surface area (Å²) in [5.41, 5.74) is 0.350. The number of fused-ring (bicyclic) bond motifs is 1. The van der Waals surface area contributed by atoms with Gasteiger partial charge in [0.25, 0.3) is 5.91 Å². The number of amides is 3. The van der Waals surface area contributed by atoms with Crippen molar-refractivity contribution in [1.82, 2.24) is 20.4 Å². The van der Waals surface area contributed by atoms with E-state index in [1.807, 2.05) is 18.2 Å². The molecule has 0 radical (unpaired) electrons. The van der Waals surface area contributed by atoms with E-state index in [1.165, 1.54) is 23.5 Å². The van der Waals surface area contributed by atoms with Crippen molar-refractivity contribution in [3.8, 4) is 11.5 Å². The van der Waals surface area contributed by atoms with Crippen molar-refractivity contribution in [1.29, 1.82) is 0 Å². The zero-order valence-electron chi connectivity index (χ0n) is 20.2. The second-order valence-electron chi connectivity index (χ2n) is 9.31. The van der Waals surface area contributed by atoms with Crippen LogP contribution in [0.3, 0.4) is 0 Å². The van der Waals surface area contributed by atoms with Crippen LogP contribution < -0.4 is 20.7 Å². The molecular weight excluding hydrogens is 481 g/mol. The summed E-state index contributed by atoms with van der Waals surface area (Å²) in [5, 5.41) is 9.30. The number of benzene rings is 2. The van der Waals surface area contributed by atoms with Crippen LogP contribution in [0.15, 0.2) is 42.5 Å². The summed E-state index contributed by atoms with van der Waals surface area (Å²) < 4.78 is 21.4. The molecule has 2 fully saturated rings. The number of ether oxygens (including phenoxy) is 1. The van der Waals surface area contributed by atoms with Crippen LogP contribution in [0.5, 0.6) is 11.5 Å². The molecule has 8 nitrogen and oxygen atoms in total. The Hall–Kier alpha value is -3.21. The Morgan fingerprint density at radius 2 is 1.89 bits per heavy atom. The van der Waals surface area contributed by atoms with Crippen molar-refractivity contribution in [2.24, 2.45) is 0 Å². The zero-order chi connectivity index (χ0) is 25.1. The molecule has 36 heavy (non-hydrogen) atoms. The number of hydrogen-bond acceptors (Lipinski definition) is 6. The minimum absolute atomic E-state index is 0.0437. The number of carbonyl (C=O) groups excluding carboxylic acids is 2. The Morgan fingerprint density at radius 1 is 1.08 bits per heavy atom. The normalized spacial score (nSPS) is 16.6. The van der Waals surface area contributed by atoms with Crippen LogP contribution in [0.1, 0.15) is 22.5 Å². The summed E-state index contributed by atoms with van der Waals surface area (Å²) in [4.78, 5) is 29.9. The van der Waals surface area contributed by atoms with Crippen molar-refractivity contribution < 1.29 is 18.7 Å². The van der Waals surface area contributed by atoms with Crippen molar-refractivity contribution >= 4 is 39.0 Å². The lowest BCUT2D eigenvalue weighted by atomic mass is 10.2. The van der Waals surface area contributed by atoms with E-state index in [4.69, 9.17) is 4.74 Å². The summed E-state index contributed by atoms with van der Waals surface area (Å²) in [5.74, 6) is -0.195. The summed E-state index contributed by atoms with van der Waals surface area (Å²) in [7, 11) is 2.12. The van der Waals surface area contributed by atoms with Gasteiger partial charge >= 0.3 is 6.03 Å². The number of nitrogens with one attached hydrogen (secondary N) is 3. The largest absolute Gasteiger partial charge is 0.453 e. The molecule has 10 heteroatoms. The SMILES string of the molecule is CN1CCN(CCNC(=O)c2cc3cccc(Oc4ccc(NC(=O)NC5CC5)cc4F)c3s2)CC1. The molecule has 3 aromatic rings. The Bertz CT molecular complexity index is 1250. The van der Waals surface area contributed by atoms with Gasteiger partial charge in [-0.3, -0.25) is 9.69 Å². The van der Waals surface area contributed by atoms with Crippen molar-refractivity contribution in [3.05, 3.63) is 53.2 Å². The monoisotopic (exact) mass is 511 g/mol. The van der Waals surface area contributed by atoms with E-state index >= 15 is 0 Å². The minimum atomic E-state index is -0.588. The molecule has 1 aliphatic carbocycles. The average molecular weight is 512 g/mol. The molecule has 3 N–H and O–H groups in total. The van der Waals surface area contributed by atoms with Crippen LogP contribution >= 0.6 is 11.3 Å². The van der Waals surface area contributed by atoms with Gasteiger partial charge in [0.15, 0.2) is 11.6 Å². The van der Waals surface area contributed by atoms with Crippen LogP contribution in [-0.4, -0.2) is 74.1 Å². The van der Waals surface area contributed by atoms with Gasteiger partial charge in [0.05, 0.1) is 9.58 Å². The fraction of sp³-hybridized carbons (Fsp3) is 0.385. The average Bonchev–Trinajstić information content (AvgIpc) is 3.55. The maximum atomic E-state index is 14.7. The highest BCUT2D eigenvalue weighted by atomic mass is 32.1. The van der Waals surface area contributed by atoms with Gasteiger partial charge in [-0.2, -0.15) is 0 Å². The molecule has 5 rings (SSSR count). The predicted molar refractivity (Wildman–Crippen MR) is 140 cm³/mol. The maximum Gasteiger partial charge on any atom is 0.319 e. The second kappa shape index (κ2) is 10.8. The van der Waals surface area contributed by atoms with Crippen molar-refractivity contribution in [2.45, 2.75) is 18.9 Å². The van der Waals surface area contributed by atoms with E-state index in [1.54, 1.807) is 12.1 Å². The number of piperazine rings is 1. The summed E-state index contributed by atoms with van der Waals surface area (Å²) in [6, 6.07) is 11.5. The predicted octanol–water partition coefficient (Wildman–Crippen LogP) is 4.09. The highest BCUT2D eigenvalue weighted by molar-refractivity contribution is 7.21. The lowest BCUT2D eigenvalue weighted by Gasteiger charge is -2.32. The number of hydrogen-bond donors (Lipinski definition) is 3. The molecule has 1 saturated carbocycles. The number of halogens is 1. The molecule has 0 atom stereocenters. The van der Waals surface area contributed by atoms with E-state index in [-0.39, 0.29) is 23.7 Å². The van der Waals surface area contributed by atoms with Crippen molar-refractivity contribution in [3.63, 3.8) is 0 Å². The molecule has 0 bridgehead atoms. The Balaban J connectivity index is 1.21. The smallest absolute Gasteiger partial charge is 0.319 e. The molecule has 2 heterocycles. The van der Waals surface area contributed by atoms with Gasteiger partial charge in [0.1, 0.15) is 5.75 Å². The first kappa shape index (κ1) is 24.5. The van der Waals surface area contributed by atoms with Gasteiger partial charge in [0, 0.05) is 57.1 Å². The van der Waals surface area contributed by atoms with Gasteiger partial charge in [-0.05, 0) is 49.5 Å². The highest BCUT2D eigenvalue weighted by Gasteiger charge is 2.23. The number of rotatable bonds is 8. The van der Waals surface area contributed by atoms with Crippen LogP contribution in [0.2, 0.25) is 0 Å². The minimum Gasteiger partial charge on any atom is -0.453 e. The van der Waals surface area contributed by atoms with Gasteiger partial charge in [-0.25, -0.2) is 9.18 Å². The van der Waals surface area contributed by atoms with Gasteiger partial charge < -0.3 is 25.6 Å². The van der Waals surface area contributed by atoms with Gasteiger partial charge in [-0.1, -0.05) is 12.1 Å². The molecule has 2 aliphatic rings. The van der Waals surface area contributed by atoms with Gasteiger partial charge in [-0.15, -0.1) is 11.3 Å². The Morgan fingerprint density at radius 3 is 2.64 bits per heavy atom. The van der Waals surface area contributed by atoms with Crippen molar-refractivity contribution in [2.75, 3.05) is 51.6 Å². The fourth-order valence-electron chi connectivity index (χ4n) is 4.07. The molecule has 3 amide bonds. The van der Waals surface area contributed by atoms with E-state index in [0.717, 1.165) is 55.7 Å². The summed E-state index contributed by atoms with van der Waals surface area (Å²) in [6.45, 7) is 5.52. The Kier molecular flexibility index (Phi) is 7.35. The number of carbonyl (C=O) groups is 2. The van der Waals surface area contributed by atoms with Crippen LogP contribution in [0, 0.1) is 5.82 Å².